The van der Waals surface area contributed by atoms with E-state index in [1.54, 1.807) is 6.92 Å². The summed E-state index contributed by atoms with van der Waals surface area (Å²) >= 11 is 0. The Bertz CT molecular complexity index is 613. The monoisotopic (exact) mass is 261 g/mol. The van der Waals surface area contributed by atoms with Crippen molar-refractivity contribution in [2.45, 2.75) is 33.2 Å². The quantitative estimate of drug-likeness (QED) is 0.869. The van der Waals surface area contributed by atoms with E-state index in [0.29, 0.717) is 12.1 Å². The zero-order valence-corrected chi connectivity index (χ0v) is 11.3. The molecule has 0 unspecified atom stereocenters. The molecule has 1 aromatic heterocycles. The second kappa shape index (κ2) is 5.45. The molecule has 0 atom stereocenters. The lowest BCUT2D eigenvalue weighted by molar-refractivity contribution is 0.0697. The first-order valence-electron chi connectivity index (χ1n) is 6.55. The summed E-state index contributed by atoms with van der Waals surface area (Å²) in [4.78, 5) is 11.5. The summed E-state index contributed by atoms with van der Waals surface area (Å²) < 4.78 is 1.86. The maximum Gasteiger partial charge on any atom is 0.338 e. The van der Waals surface area contributed by atoms with Crippen LogP contribution < -0.4 is 0 Å². The van der Waals surface area contributed by atoms with Crippen molar-refractivity contribution < 1.29 is 15.0 Å². The molecule has 102 valence electrons. The van der Waals surface area contributed by atoms with Crippen LogP contribution in [0, 0.1) is 6.92 Å². The van der Waals surface area contributed by atoms with Crippen LogP contribution in [0.5, 0.6) is 0 Å². The number of aromatic nitrogens is 1. The molecule has 0 amide bonds. The van der Waals surface area contributed by atoms with Gasteiger partial charge < -0.3 is 14.8 Å². The number of nitrogens with zero attached hydrogens (tertiary/aromatic N) is 1. The molecular formula is C15H19NO3. The second-order valence-corrected chi connectivity index (χ2v) is 4.78. The molecule has 2 aromatic rings. The Balaban J connectivity index is 2.78. The van der Waals surface area contributed by atoms with E-state index >= 15 is 0 Å². The molecule has 1 aromatic carbocycles. The van der Waals surface area contributed by atoms with Gasteiger partial charge in [-0.2, -0.15) is 0 Å². The van der Waals surface area contributed by atoms with E-state index in [0.717, 1.165) is 34.9 Å². The predicted molar refractivity (Wildman–Crippen MR) is 74.7 cm³/mol. The minimum absolute atomic E-state index is 0.00233. The first-order chi connectivity index (χ1) is 9.10. The summed E-state index contributed by atoms with van der Waals surface area (Å²) in [5.41, 5.74) is 2.96. The summed E-state index contributed by atoms with van der Waals surface area (Å²) in [5, 5.41) is 19.6. The Kier molecular flexibility index (Phi) is 3.90. The number of hydrogen-bond acceptors (Lipinski definition) is 2. The maximum absolute atomic E-state index is 11.5. The molecular weight excluding hydrogens is 242 g/mol. The molecule has 4 nitrogen and oxygen atoms in total. The smallest absolute Gasteiger partial charge is 0.338 e. The van der Waals surface area contributed by atoms with Crippen LogP contribution in [0.1, 0.15) is 34.8 Å². The molecule has 0 radical (unpaired) electrons. The van der Waals surface area contributed by atoms with Crippen molar-refractivity contribution in [1.29, 1.82) is 0 Å². The van der Waals surface area contributed by atoms with Gasteiger partial charge in [0, 0.05) is 18.1 Å². The number of hydrogen-bond donors (Lipinski definition) is 2. The number of benzene rings is 1. The van der Waals surface area contributed by atoms with Gasteiger partial charge in [-0.05, 0) is 24.5 Å². The van der Waals surface area contributed by atoms with Gasteiger partial charge in [-0.3, -0.25) is 0 Å². The van der Waals surface area contributed by atoms with Crippen molar-refractivity contribution in [1.82, 2.24) is 4.57 Å². The van der Waals surface area contributed by atoms with Crippen LogP contribution in [0.3, 0.4) is 0 Å². The van der Waals surface area contributed by atoms with E-state index in [4.69, 9.17) is 5.11 Å². The van der Waals surface area contributed by atoms with Gasteiger partial charge in [0.1, 0.15) is 0 Å². The highest BCUT2D eigenvalue weighted by molar-refractivity contribution is 6.04. The highest BCUT2D eigenvalue weighted by atomic mass is 16.4. The van der Waals surface area contributed by atoms with Crippen molar-refractivity contribution in [3.63, 3.8) is 0 Å². The third-order valence-electron chi connectivity index (χ3n) is 3.41. The van der Waals surface area contributed by atoms with E-state index < -0.39 is 5.97 Å². The normalized spacial score (nSPS) is 11.1. The van der Waals surface area contributed by atoms with Gasteiger partial charge in [0.05, 0.1) is 17.7 Å². The van der Waals surface area contributed by atoms with E-state index in [-0.39, 0.29) is 6.61 Å². The fourth-order valence-corrected chi connectivity index (χ4v) is 2.59. The molecule has 0 saturated heterocycles. The third-order valence-corrected chi connectivity index (χ3v) is 3.41. The van der Waals surface area contributed by atoms with Gasteiger partial charge in [0.25, 0.3) is 0 Å². The van der Waals surface area contributed by atoms with Crippen LogP contribution >= 0.6 is 0 Å². The molecule has 0 spiro atoms. The molecule has 0 fully saturated rings. The van der Waals surface area contributed by atoms with Crippen molar-refractivity contribution in [3.8, 4) is 0 Å². The Morgan fingerprint density at radius 3 is 2.68 bits per heavy atom. The van der Waals surface area contributed by atoms with E-state index in [1.165, 1.54) is 0 Å². The number of carboxylic acids is 1. The van der Waals surface area contributed by atoms with Gasteiger partial charge in [-0.25, -0.2) is 4.79 Å². The predicted octanol–water partition coefficient (Wildman–Crippen LogP) is 2.59. The van der Waals surface area contributed by atoms with Crippen LogP contribution in [-0.2, 0) is 13.0 Å². The minimum atomic E-state index is -0.913. The lowest BCUT2D eigenvalue weighted by Gasteiger charge is -2.08. The number of carboxylic acid groups (broad SMARTS) is 1. The van der Waals surface area contributed by atoms with Crippen LogP contribution in [0.2, 0.25) is 0 Å². The number of aromatic carboxylic acids is 1. The number of carbonyl (C=O) groups is 1. The molecule has 0 aliphatic heterocycles. The van der Waals surface area contributed by atoms with Crippen molar-refractivity contribution in [2.75, 3.05) is 6.61 Å². The number of aryl methyl sites for hydroxylation is 2. The largest absolute Gasteiger partial charge is 0.478 e. The molecule has 1 heterocycles. The number of rotatable bonds is 5. The van der Waals surface area contributed by atoms with Crippen molar-refractivity contribution in [2.24, 2.45) is 0 Å². The zero-order valence-electron chi connectivity index (χ0n) is 11.3. The number of aliphatic hydroxyl groups is 1. The fraction of sp³-hybridized carbons (Fsp3) is 0.400. The first-order valence-corrected chi connectivity index (χ1v) is 6.55. The lowest BCUT2D eigenvalue weighted by Crippen LogP contribution is -2.07. The Hall–Kier alpha value is -1.81. The van der Waals surface area contributed by atoms with E-state index in [2.05, 4.69) is 6.92 Å². The summed E-state index contributed by atoms with van der Waals surface area (Å²) in [6.45, 7) is 4.33. The fourth-order valence-electron chi connectivity index (χ4n) is 2.59. The highest BCUT2D eigenvalue weighted by Gasteiger charge is 2.18. The van der Waals surface area contributed by atoms with Crippen molar-refractivity contribution in [3.05, 3.63) is 35.0 Å². The number of aliphatic hydroxyl groups excluding tert-OH is 1. The van der Waals surface area contributed by atoms with Gasteiger partial charge in [-0.1, -0.05) is 25.5 Å². The van der Waals surface area contributed by atoms with Crippen molar-refractivity contribution >= 4 is 16.9 Å². The standard InChI is InChI=1S/C15H19NO3/c1-3-4-11-9-16(7-8-17)14-12(11)6-5-10(2)13(14)15(18)19/h5-6,9,17H,3-4,7-8H2,1-2H3,(H,18,19). The summed E-state index contributed by atoms with van der Waals surface area (Å²) in [6.07, 6.45) is 3.89. The summed E-state index contributed by atoms with van der Waals surface area (Å²) in [7, 11) is 0. The minimum Gasteiger partial charge on any atom is -0.478 e. The van der Waals surface area contributed by atoms with Crippen LogP contribution in [0.15, 0.2) is 18.3 Å². The van der Waals surface area contributed by atoms with Gasteiger partial charge in [-0.15, -0.1) is 0 Å². The zero-order chi connectivity index (χ0) is 14.0. The summed E-state index contributed by atoms with van der Waals surface area (Å²) in [5.74, 6) is -0.913. The summed E-state index contributed by atoms with van der Waals surface area (Å²) in [6, 6.07) is 3.84. The van der Waals surface area contributed by atoms with Gasteiger partial charge in [0.2, 0.25) is 0 Å². The highest BCUT2D eigenvalue weighted by Crippen LogP contribution is 2.28. The number of fused-ring (bicyclic) bond motifs is 1. The molecule has 0 aliphatic rings. The molecule has 0 bridgehead atoms. The Morgan fingerprint density at radius 1 is 1.37 bits per heavy atom. The molecule has 0 saturated carbocycles. The average molecular weight is 261 g/mol. The molecule has 4 heteroatoms. The third kappa shape index (κ3) is 2.36. The second-order valence-electron chi connectivity index (χ2n) is 4.78. The SMILES string of the molecule is CCCc1cn(CCO)c2c(C(=O)O)c(C)ccc12. The molecule has 2 N–H and O–H groups in total. The first kappa shape index (κ1) is 13.6. The molecule has 0 aliphatic carbocycles. The Morgan fingerprint density at radius 2 is 2.11 bits per heavy atom. The van der Waals surface area contributed by atoms with Gasteiger partial charge >= 0.3 is 5.97 Å². The molecule has 19 heavy (non-hydrogen) atoms. The van der Waals surface area contributed by atoms with E-state index in [9.17, 15) is 9.90 Å². The Labute approximate surface area is 112 Å². The molecule has 2 rings (SSSR count). The van der Waals surface area contributed by atoms with Crippen LogP contribution in [0.4, 0.5) is 0 Å². The van der Waals surface area contributed by atoms with Crippen LogP contribution in [0.25, 0.3) is 10.9 Å². The van der Waals surface area contributed by atoms with E-state index in [1.807, 2.05) is 22.9 Å². The lowest BCUT2D eigenvalue weighted by atomic mass is 10.0. The van der Waals surface area contributed by atoms with Crippen LogP contribution in [-0.4, -0.2) is 27.4 Å². The average Bonchev–Trinajstić information content (AvgIpc) is 2.68. The van der Waals surface area contributed by atoms with Gasteiger partial charge in [0.15, 0.2) is 0 Å². The maximum atomic E-state index is 11.5. The topological polar surface area (TPSA) is 62.5 Å².